The van der Waals surface area contributed by atoms with Crippen LogP contribution in [0.3, 0.4) is 0 Å². The number of hydrogen-bond acceptors (Lipinski definition) is 7. The Morgan fingerprint density at radius 2 is 1.84 bits per heavy atom. The average Bonchev–Trinajstić information content (AvgIpc) is 3.42. The van der Waals surface area contributed by atoms with Crippen LogP contribution in [0.2, 0.25) is 0 Å². The third kappa shape index (κ3) is 5.10. The molecule has 31 heavy (non-hydrogen) atoms. The molecule has 0 atom stereocenters. The van der Waals surface area contributed by atoms with E-state index in [1.54, 1.807) is 29.6 Å². The SMILES string of the molecule is O=C(Cc1cccc(-c2nc(NC(P(=O)(O)O)P(=O)(O)O)c3ccsc3n2)c1)C1CC1. The lowest BCUT2D eigenvalue weighted by molar-refractivity contribution is -0.119. The van der Waals surface area contributed by atoms with Crippen molar-refractivity contribution in [2.24, 2.45) is 5.92 Å². The van der Waals surface area contributed by atoms with Gasteiger partial charge in [0.15, 0.2) is 5.82 Å². The van der Waals surface area contributed by atoms with Crippen molar-refractivity contribution in [1.29, 1.82) is 0 Å². The van der Waals surface area contributed by atoms with Crippen molar-refractivity contribution < 1.29 is 33.5 Å². The Hall–Kier alpha value is -1.97. The van der Waals surface area contributed by atoms with E-state index in [2.05, 4.69) is 15.3 Å². The molecule has 1 fully saturated rings. The lowest BCUT2D eigenvalue weighted by atomic mass is 10.0. The van der Waals surface area contributed by atoms with Gasteiger partial charge in [-0.2, -0.15) is 0 Å². The Kier molecular flexibility index (Phi) is 5.87. The number of hydrogen-bond donors (Lipinski definition) is 5. The fourth-order valence-electron chi connectivity index (χ4n) is 3.15. The third-order valence-corrected chi connectivity index (χ3v) is 8.97. The van der Waals surface area contributed by atoms with E-state index < -0.39 is 20.7 Å². The highest BCUT2D eigenvalue weighted by molar-refractivity contribution is 7.71. The molecule has 1 aliphatic rings. The van der Waals surface area contributed by atoms with Gasteiger partial charge in [0.2, 0.25) is 5.52 Å². The van der Waals surface area contributed by atoms with Crippen molar-refractivity contribution >= 4 is 48.3 Å². The largest absolute Gasteiger partial charge is 0.360 e. The molecule has 5 N–H and O–H groups in total. The molecule has 0 aliphatic heterocycles. The minimum absolute atomic E-state index is 0.0997. The minimum atomic E-state index is -5.21. The van der Waals surface area contributed by atoms with Crippen LogP contribution in [0, 0.1) is 5.92 Å². The number of ketones is 1. The maximum atomic E-state index is 12.1. The Balaban J connectivity index is 1.73. The van der Waals surface area contributed by atoms with E-state index in [4.69, 9.17) is 0 Å². The van der Waals surface area contributed by atoms with Crippen molar-refractivity contribution in [3.63, 3.8) is 0 Å². The van der Waals surface area contributed by atoms with Crippen LogP contribution in [0.5, 0.6) is 0 Å². The normalized spacial score (nSPS) is 14.9. The van der Waals surface area contributed by atoms with Gasteiger partial charge in [0.25, 0.3) is 0 Å². The first-order valence-corrected chi connectivity index (χ1v) is 13.5. The molecule has 4 rings (SSSR count). The molecule has 10 nitrogen and oxygen atoms in total. The smallest absolute Gasteiger partial charge is 0.346 e. The number of carbonyl (C=O) groups excluding carboxylic acids is 1. The second kappa shape index (κ2) is 8.18. The molecule has 0 radical (unpaired) electrons. The summed E-state index contributed by atoms with van der Waals surface area (Å²) in [5, 5.41) is 4.30. The number of anilines is 1. The van der Waals surface area contributed by atoms with Gasteiger partial charge in [-0.3, -0.25) is 13.9 Å². The molecule has 0 spiro atoms. The van der Waals surface area contributed by atoms with Gasteiger partial charge in [-0.15, -0.1) is 11.3 Å². The van der Waals surface area contributed by atoms with Crippen LogP contribution in [-0.2, 0) is 20.3 Å². The molecule has 164 valence electrons. The maximum absolute atomic E-state index is 12.1. The summed E-state index contributed by atoms with van der Waals surface area (Å²) in [7, 11) is -10.4. The quantitative estimate of drug-likeness (QED) is 0.300. The topological polar surface area (TPSA) is 170 Å². The van der Waals surface area contributed by atoms with Crippen LogP contribution < -0.4 is 5.32 Å². The van der Waals surface area contributed by atoms with E-state index in [0.29, 0.717) is 22.2 Å². The van der Waals surface area contributed by atoms with E-state index in [-0.39, 0.29) is 23.3 Å². The Morgan fingerprint density at radius 1 is 1.13 bits per heavy atom. The summed E-state index contributed by atoms with van der Waals surface area (Å²) in [6.07, 6.45) is 2.14. The fraction of sp³-hybridized carbons (Fsp3) is 0.278. The molecule has 2 aromatic heterocycles. The second-order valence-electron chi connectivity index (χ2n) is 7.35. The second-order valence-corrected chi connectivity index (χ2v) is 12.0. The zero-order valence-electron chi connectivity index (χ0n) is 16.0. The number of rotatable bonds is 8. The number of Topliss-reactive ketones (excluding diaryl/α,β-unsaturated/α-hetero) is 1. The van der Waals surface area contributed by atoms with Gasteiger partial charge in [0.05, 0.1) is 5.39 Å². The summed E-state index contributed by atoms with van der Waals surface area (Å²) in [6, 6.07) is 8.67. The number of nitrogens with zero attached hydrogens (tertiary/aromatic N) is 2. The highest BCUT2D eigenvalue weighted by Crippen LogP contribution is 2.59. The van der Waals surface area contributed by atoms with Crippen molar-refractivity contribution in [2.75, 3.05) is 5.32 Å². The van der Waals surface area contributed by atoms with Gasteiger partial charge in [0, 0.05) is 17.9 Å². The van der Waals surface area contributed by atoms with Crippen molar-refractivity contribution in [3.05, 3.63) is 41.3 Å². The number of carbonyl (C=O) groups is 1. The zero-order chi connectivity index (χ0) is 22.4. The van der Waals surface area contributed by atoms with E-state index in [0.717, 1.165) is 18.4 Å². The van der Waals surface area contributed by atoms with E-state index in [1.165, 1.54) is 11.3 Å². The van der Waals surface area contributed by atoms with Gasteiger partial charge in [-0.1, -0.05) is 18.2 Å². The van der Waals surface area contributed by atoms with E-state index in [1.807, 2.05) is 6.07 Å². The van der Waals surface area contributed by atoms with Gasteiger partial charge in [0.1, 0.15) is 16.4 Å². The molecule has 0 unspecified atom stereocenters. The maximum Gasteiger partial charge on any atom is 0.360 e. The fourth-order valence-corrected chi connectivity index (χ4v) is 6.06. The molecule has 1 aromatic carbocycles. The number of nitrogens with one attached hydrogen (secondary N) is 1. The van der Waals surface area contributed by atoms with Crippen LogP contribution in [0.4, 0.5) is 5.82 Å². The highest BCUT2D eigenvalue weighted by atomic mass is 32.1. The molecule has 0 bridgehead atoms. The summed E-state index contributed by atoms with van der Waals surface area (Å²) < 4.78 is 23.4. The van der Waals surface area contributed by atoms with Gasteiger partial charge in [-0.25, -0.2) is 9.97 Å². The Labute approximate surface area is 180 Å². The lowest BCUT2D eigenvalue weighted by Crippen LogP contribution is -2.21. The van der Waals surface area contributed by atoms with Crippen LogP contribution in [0.15, 0.2) is 35.7 Å². The predicted molar refractivity (Wildman–Crippen MR) is 116 cm³/mol. The third-order valence-electron chi connectivity index (χ3n) is 4.82. The highest BCUT2D eigenvalue weighted by Gasteiger charge is 2.44. The van der Waals surface area contributed by atoms with E-state index in [9.17, 15) is 33.5 Å². The van der Waals surface area contributed by atoms with Crippen LogP contribution in [0.25, 0.3) is 21.6 Å². The van der Waals surface area contributed by atoms with Crippen LogP contribution in [-0.4, -0.2) is 40.8 Å². The first-order chi connectivity index (χ1) is 14.5. The van der Waals surface area contributed by atoms with Gasteiger partial charge >= 0.3 is 15.2 Å². The molecule has 3 aromatic rings. The molecule has 2 heterocycles. The minimum Gasteiger partial charge on any atom is -0.346 e. The van der Waals surface area contributed by atoms with Crippen LogP contribution >= 0.6 is 26.5 Å². The zero-order valence-corrected chi connectivity index (χ0v) is 18.6. The first-order valence-electron chi connectivity index (χ1n) is 9.26. The van der Waals surface area contributed by atoms with Crippen molar-refractivity contribution in [2.45, 2.75) is 24.8 Å². The summed E-state index contributed by atoms with van der Waals surface area (Å²) in [5.41, 5.74) is -1.07. The summed E-state index contributed by atoms with van der Waals surface area (Å²) in [6.45, 7) is 0. The molecule has 13 heteroatoms. The molecular weight excluding hydrogens is 464 g/mol. The molecule has 1 aliphatic carbocycles. The monoisotopic (exact) mass is 483 g/mol. The number of thiophene rings is 1. The van der Waals surface area contributed by atoms with Crippen LogP contribution in [0.1, 0.15) is 18.4 Å². The predicted octanol–water partition coefficient (Wildman–Crippen LogP) is 2.93. The first kappa shape index (κ1) is 22.2. The van der Waals surface area contributed by atoms with Crippen molar-refractivity contribution in [3.8, 4) is 11.4 Å². The Morgan fingerprint density at radius 3 is 2.48 bits per heavy atom. The van der Waals surface area contributed by atoms with Crippen molar-refractivity contribution in [1.82, 2.24) is 9.97 Å². The molecule has 0 saturated heterocycles. The molecular formula is C18H19N3O7P2S. The van der Waals surface area contributed by atoms with Gasteiger partial charge in [-0.05, 0) is 35.9 Å². The molecule has 0 amide bonds. The summed E-state index contributed by atoms with van der Waals surface area (Å²) in [5.74, 6) is 0.418. The van der Waals surface area contributed by atoms with Gasteiger partial charge < -0.3 is 24.9 Å². The number of aromatic nitrogens is 2. The molecule has 1 saturated carbocycles. The lowest BCUT2D eigenvalue weighted by Gasteiger charge is -2.21. The summed E-state index contributed by atoms with van der Waals surface area (Å²) >= 11 is 1.25. The Bertz CT molecular complexity index is 1230. The number of fused-ring (bicyclic) bond motifs is 1. The number of benzene rings is 1. The standard InChI is InChI=1S/C18H19N3O7P2S/c22-14(11-4-5-11)9-10-2-1-3-12(8-10)15-19-16(13-6-7-31-17(13)20-15)21-18(29(23,24)25)30(26,27)28/h1-3,6-8,11,18H,4-5,9H2,(H,19,20,21)(H2,23,24,25)(H2,26,27,28). The van der Waals surface area contributed by atoms with E-state index >= 15 is 0 Å². The average molecular weight is 483 g/mol. The summed E-state index contributed by atoms with van der Waals surface area (Å²) in [4.78, 5) is 59.1.